The molecule has 0 spiro atoms. The van der Waals surface area contributed by atoms with E-state index in [1.54, 1.807) is 29.0 Å². The van der Waals surface area contributed by atoms with Gasteiger partial charge < -0.3 is 9.64 Å². The lowest BCUT2D eigenvalue weighted by Gasteiger charge is -2.30. The van der Waals surface area contributed by atoms with Crippen LogP contribution < -0.4 is 4.90 Å². The molecule has 4 rings (SSSR count). The van der Waals surface area contributed by atoms with Gasteiger partial charge in [-0.25, -0.2) is 14.4 Å². The lowest BCUT2D eigenvalue weighted by atomic mass is 10.0. The molecule has 3 heterocycles. The normalized spacial score (nSPS) is 18.0. The molecule has 0 saturated carbocycles. The fourth-order valence-electron chi connectivity index (χ4n) is 4.29. The molecule has 7 nitrogen and oxygen atoms in total. The average molecular weight is 441 g/mol. The van der Waals surface area contributed by atoms with Crippen molar-refractivity contribution in [1.82, 2.24) is 14.9 Å². The molecule has 2 aromatic rings. The third kappa shape index (κ3) is 5.12. The minimum Gasteiger partial charge on any atom is -0.378 e. The second kappa shape index (κ2) is 9.73. The van der Waals surface area contributed by atoms with Gasteiger partial charge in [-0.1, -0.05) is 12.1 Å². The average Bonchev–Trinajstić information content (AvgIpc) is 3.29. The van der Waals surface area contributed by atoms with Crippen LogP contribution in [0.1, 0.15) is 54.7 Å². The van der Waals surface area contributed by atoms with Crippen LogP contribution in [0.3, 0.4) is 0 Å². The smallest absolute Gasteiger partial charge is 0.228 e. The van der Waals surface area contributed by atoms with Crippen molar-refractivity contribution in [1.29, 1.82) is 0 Å². The van der Waals surface area contributed by atoms with Crippen molar-refractivity contribution < 1.29 is 18.7 Å². The molecule has 2 aliphatic rings. The molecule has 0 aliphatic carbocycles. The Morgan fingerprint density at radius 2 is 2.03 bits per heavy atom. The van der Waals surface area contributed by atoms with Gasteiger partial charge in [-0.3, -0.25) is 14.5 Å². The van der Waals surface area contributed by atoms with Gasteiger partial charge in [-0.05, 0) is 50.3 Å². The second-order valence-electron chi connectivity index (χ2n) is 8.56. The molecular formula is C24H29FN4O3. The molecule has 0 N–H and O–H groups in total. The molecular weight excluding hydrogens is 411 g/mol. The van der Waals surface area contributed by atoms with E-state index in [1.165, 1.54) is 12.1 Å². The molecule has 2 aliphatic heterocycles. The van der Waals surface area contributed by atoms with Crippen molar-refractivity contribution in [2.75, 3.05) is 18.6 Å². The van der Waals surface area contributed by atoms with E-state index < -0.39 is 0 Å². The fraction of sp³-hybridized carbons (Fsp3) is 0.500. The van der Waals surface area contributed by atoms with Crippen molar-refractivity contribution in [2.45, 2.75) is 64.6 Å². The zero-order valence-electron chi connectivity index (χ0n) is 18.6. The molecule has 1 aromatic carbocycles. The third-order valence-corrected chi connectivity index (χ3v) is 6.15. The first-order valence-electron chi connectivity index (χ1n) is 11.2. The number of aromatic nitrogens is 2. The van der Waals surface area contributed by atoms with Crippen molar-refractivity contribution in [3.8, 4) is 0 Å². The van der Waals surface area contributed by atoms with E-state index in [4.69, 9.17) is 4.74 Å². The van der Waals surface area contributed by atoms with Gasteiger partial charge in [0.1, 0.15) is 17.5 Å². The van der Waals surface area contributed by atoms with Crippen LogP contribution in [0.2, 0.25) is 0 Å². The minimum atomic E-state index is -0.313. The highest BCUT2D eigenvalue weighted by atomic mass is 19.1. The van der Waals surface area contributed by atoms with E-state index >= 15 is 0 Å². The summed E-state index contributed by atoms with van der Waals surface area (Å²) in [5, 5.41) is 0. The van der Waals surface area contributed by atoms with Crippen LogP contribution in [-0.4, -0.2) is 46.4 Å². The number of carbonyl (C=O) groups is 2. The summed E-state index contributed by atoms with van der Waals surface area (Å²) in [6.45, 7) is 3.29. The number of hydrogen-bond acceptors (Lipinski definition) is 5. The van der Waals surface area contributed by atoms with Gasteiger partial charge in [0.2, 0.25) is 11.8 Å². The molecule has 2 amide bonds. The van der Waals surface area contributed by atoms with Crippen molar-refractivity contribution >= 4 is 17.6 Å². The third-order valence-electron chi connectivity index (χ3n) is 6.15. The molecule has 8 heteroatoms. The lowest BCUT2D eigenvalue weighted by Crippen LogP contribution is -2.37. The zero-order valence-corrected chi connectivity index (χ0v) is 18.6. The first-order chi connectivity index (χ1) is 15.4. The molecule has 0 bridgehead atoms. The molecule has 1 saturated heterocycles. The summed E-state index contributed by atoms with van der Waals surface area (Å²) in [5.74, 6) is 0.790. The van der Waals surface area contributed by atoms with Crippen LogP contribution in [0.4, 0.5) is 10.2 Å². The van der Waals surface area contributed by atoms with Crippen molar-refractivity contribution in [3.63, 3.8) is 0 Å². The molecule has 170 valence electrons. The maximum atomic E-state index is 13.3. The van der Waals surface area contributed by atoms with E-state index in [-0.39, 0.29) is 30.3 Å². The van der Waals surface area contributed by atoms with Gasteiger partial charge in [-0.15, -0.1) is 0 Å². The highest BCUT2D eigenvalue weighted by Crippen LogP contribution is 2.29. The van der Waals surface area contributed by atoms with Gasteiger partial charge >= 0.3 is 0 Å². The zero-order chi connectivity index (χ0) is 22.7. The number of rotatable bonds is 7. The lowest BCUT2D eigenvalue weighted by molar-refractivity contribution is -0.131. The SMILES string of the molecule is Cc1nc(CN(C)C(=O)CC[C@H]2CCCO2)nc2c1CCC(=O)N2Cc1ccc(F)cc1. The number of benzene rings is 1. The Morgan fingerprint density at radius 1 is 1.25 bits per heavy atom. The molecule has 1 aromatic heterocycles. The van der Waals surface area contributed by atoms with Crippen LogP contribution in [0, 0.1) is 12.7 Å². The number of hydrogen-bond donors (Lipinski definition) is 0. The van der Waals surface area contributed by atoms with Crippen LogP contribution in [0.15, 0.2) is 24.3 Å². The maximum absolute atomic E-state index is 13.3. The van der Waals surface area contributed by atoms with Gasteiger partial charge in [-0.2, -0.15) is 0 Å². The van der Waals surface area contributed by atoms with E-state index in [9.17, 15) is 14.0 Å². The summed E-state index contributed by atoms with van der Waals surface area (Å²) < 4.78 is 18.9. The quantitative estimate of drug-likeness (QED) is 0.660. The highest BCUT2D eigenvalue weighted by molar-refractivity contribution is 5.95. The van der Waals surface area contributed by atoms with Gasteiger partial charge in [0.15, 0.2) is 0 Å². The maximum Gasteiger partial charge on any atom is 0.228 e. The van der Waals surface area contributed by atoms with E-state index in [1.807, 2.05) is 6.92 Å². The molecule has 1 atom stereocenters. The van der Waals surface area contributed by atoms with Crippen molar-refractivity contribution in [3.05, 3.63) is 52.7 Å². The number of anilines is 1. The minimum absolute atomic E-state index is 0.0214. The largest absolute Gasteiger partial charge is 0.378 e. The molecule has 0 unspecified atom stereocenters. The van der Waals surface area contributed by atoms with E-state index in [2.05, 4.69) is 9.97 Å². The van der Waals surface area contributed by atoms with Crippen LogP contribution in [-0.2, 0) is 33.8 Å². The van der Waals surface area contributed by atoms with Gasteiger partial charge in [0, 0.05) is 37.8 Å². The summed E-state index contributed by atoms with van der Waals surface area (Å²) in [4.78, 5) is 37.9. The Kier molecular flexibility index (Phi) is 6.79. The van der Waals surface area contributed by atoms with Gasteiger partial charge in [0.25, 0.3) is 0 Å². The number of ether oxygens (including phenoxy) is 1. The summed E-state index contributed by atoms with van der Waals surface area (Å²) >= 11 is 0. The van der Waals surface area contributed by atoms with Gasteiger partial charge in [0.05, 0.1) is 19.2 Å². The first-order valence-corrected chi connectivity index (χ1v) is 11.2. The van der Waals surface area contributed by atoms with Crippen molar-refractivity contribution in [2.24, 2.45) is 0 Å². The Balaban J connectivity index is 1.49. The monoisotopic (exact) mass is 440 g/mol. The predicted octanol–water partition coefficient (Wildman–Crippen LogP) is 3.32. The number of carbonyl (C=O) groups excluding carboxylic acids is 2. The Hall–Kier alpha value is -2.87. The standard InChI is InChI=1S/C24H29FN4O3/c1-16-20-10-12-23(31)29(14-17-5-7-18(25)8-6-17)24(20)27-21(26-16)15-28(2)22(30)11-9-19-4-3-13-32-19/h5-8,19H,3-4,9-15H2,1-2H3/t19-/m1/s1. The number of nitrogens with zero attached hydrogens (tertiary/aromatic N) is 4. The first kappa shape index (κ1) is 22.3. The van der Waals surface area contributed by atoms with Crippen LogP contribution >= 0.6 is 0 Å². The Labute approximate surface area is 187 Å². The second-order valence-corrected chi connectivity index (χ2v) is 8.56. The molecule has 1 fully saturated rings. The highest BCUT2D eigenvalue weighted by Gasteiger charge is 2.28. The Bertz CT molecular complexity index is 989. The number of amides is 2. The number of aryl methyl sites for hydroxylation is 1. The van der Waals surface area contributed by atoms with Crippen LogP contribution in [0.5, 0.6) is 0 Å². The van der Waals surface area contributed by atoms with Crippen LogP contribution in [0.25, 0.3) is 0 Å². The number of fused-ring (bicyclic) bond motifs is 1. The Morgan fingerprint density at radius 3 is 2.75 bits per heavy atom. The summed E-state index contributed by atoms with van der Waals surface area (Å²) in [6.07, 6.45) is 4.40. The summed E-state index contributed by atoms with van der Waals surface area (Å²) in [6, 6.07) is 6.12. The van der Waals surface area contributed by atoms with E-state index in [0.29, 0.717) is 37.4 Å². The molecule has 0 radical (unpaired) electrons. The number of halogens is 1. The van der Waals surface area contributed by atoms with E-state index in [0.717, 1.165) is 42.7 Å². The molecule has 32 heavy (non-hydrogen) atoms. The predicted molar refractivity (Wildman–Crippen MR) is 117 cm³/mol. The fourth-order valence-corrected chi connectivity index (χ4v) is 4.29. The summed E-state index contributed by atoms with van der Waals surface area (Å²) in [5.41, 5.74) is 2.59. The topological polar surface area (TPSA) is 75.6 Å². The summed E-state index contributed by atoms with van der Waals surface area (Å²) in [7, 11) is 1.75.